The van der Waals surface area contributed by atoms with Gasteiger partial charge in [0.1, 0.15) is 24.4 Å². The highest BCUT2D eigenvalue weighted by molar-refractivity contribution is 5.79. The van der Waals surface area contributed by atoms with E-state index in [0.29, 0.717) is 15.9 Å². The lowest BCUT2D eigenvalue weighted by Gasteiger charge is -2.23. The molecule has 0 fully saturated rings. The molecule has 24 heavy (non-hydrogen) atoms. The molecule has 0 aliphatic carbocycles. The zero-order valence-electron chi connectivity index (χ0n) is 12.4. The summed E-state index contributed by atoms with van der Waals surface area (Å²) in [5, 5.41) is 7.71. The maximum atomic E-state index is 12.8. The number of fused-ring (bicyclic) bond motifs is 1. The molecule has 6 nitrogen and oxygen atoms in total. The number of para-hydroxylation sites is 1. The molecule has 0 atom stereocenters. The van der Waals surface area contributed by atoms with Crippen LogP contribution in [0.3, 0.4) is 0 Å². The lowest BCUT2D eigenvalue weighted by molar-refractivity contribution is -0.163. The van der Waals surface area contributed by atoms with Crippen molar-refractivity contribution in [3.05, 3.63) is 48.4 Å². The van der Waals surface area contributed by atoms with Gasteiger partial charge in [0.15, 0.2) is 0 Å². The summed E-state index contributed by atoms with van der Waals surface area (Å²) in [5.74, 6) is -0.449. The number of halogens is 3. The highest BCUT2D eigenvalue weighted by atomic mass is 19.4. The van der Waals surface area contributed by atoms with Crippen molar-refractivity contribution < 1.29 is 22.4 Å². The van der Waals surface area contributed by atoms with Crippen molar-refractivity contribution >= 4 is 16.9 Å². The Hall–Kier alpha value is -2.84. The Labute approximate surface area is 134 Å². The molecule has 0 aliphatic heterocycles. The molecule has 9 heteroatoms. The molecule has 0 radical (unpaired) electrons. The summed E-state index contributed by atoms with van der Waals surface area (Å²) in [7, 11) is 0. The Kier molecular flexibility index (Phi) is 4.24. The zero-order chi connectivity index (χ0) is 17.2. The average Bonchev–Trinajstić information content (AvgIpc) is 3.16. The summed E-state index contributed by atoms with van der Waals surface area (Å²) in [6.07, 6.45) is -3.16. The minimum Gasteiger partial charge on any atom is -0.467 e. The number of rotatable bonds is 5. The topological polar surface area (TPSA) is 64.2 Å². The molecular formula is C15H13F3N4O2. The van der Waals surface area contributed by atoms with E-state index in [9.17, 15) is 18.0 Å². The zero-order valence-corrected chi connectivity index (χ0v) is 12.4. The average molecular weight is 338 g/mol. The number of amides is 1. The highest BCUT2D eigenvalue weighted by Crippen LogP contribution is 2.19. The number of carbonyl (C=O) groups is 1. The standard InChI is InChI=1S/C15H13F3N4O2/c16-15(17,18)10-21(8-11-4-3-7-24-11)14(23)9-22-13-6-2-1-5-12(13)19-20-22/h1-7H,8-10H2. The third-order valence-corrected chi connectivity index (χ3v) is 3.35. The monoisotopic (exact) mass is 338 g/mol. The van der Waals surface area contributed by atoms with Crippen LogP contribution in [0.2, 0.25) is 0 Å². The normalized spacial score (nSPS) is 11.8. The summed E-state index contributed by atoms with van der Waals surface area (Å²) in [6.45, 7) is -1.96. The van der Waals surface area contributed by atoms with Gasteiger partial charge >= 0.3 is 6.18 Å². The first kappa shape index (κ1) is 16.0. The van der Waals surface area contributed by atoms with Gasteiger partial charge in [-0.3, -0.25) is 4.79 Å². The Balaban J connectivity index is 1.79. The number of aromatic nitrogens is 3. The van der Waals surface area contributed by atoms with Crippen LogP contribution in [-0.4, -0.2) is 38.5 Å². The Morgan fingerprint density at radius 2 is 2.00 bits per heavy atom. The van der Waals surface area contributed by atoms with Crippen molar-refractivity contribution in [3.63, 3.8) is 0 Å². The maximum absolute atomic E-state index is 12.8. The van der Waals surface area contributed by atoms with Crippen LogP contribution in [0.5, 0.6) is 0 Å². The third kappa shape index (κ3) is 3.73. The largest absolute Gasteiger partial charge is 0.467 e. The smallest absolute Gasteiger partial charge is 0.406 e. The predicted molar refractivity (Wildman–Crippen MR) is 77.7 cm³/mol. The van der Waals surface area contributed by atoms with Crippen LogP contribution in [0.25, 0.3) is 11.0 Å². The Morgan fingerprint density at radius 3 is 2.71 bits per heavy atom. The van der Waals surface area contributed by atoms with Crippen LogP contribution in [0.1, 0.15) is 5.76 Å². The molecule has 0 aliphatic rings. The Morgan fingerprint density at radius 1 is 1.21 bits per heavy atom. The second-order valence-electron chi connectivity index (χ2n) is 5.18. The van der Waals surface area contributed by atoms with Gasteiger partial charge in [0.05, 0.1) is 18.3 Å². The molecule has 3 rings (SSSR count). The van der Waals surface area contributed by atoms with Gasteiger partial charge in [-0.2, -0.15) is 13.2 Å². The van der Waals surface area contributed by atoms with Gasteiger partial charge in [0, 0.05) is 0 Å². The fourth-order valence-electron chi connectivity index (χ4n) is 2.30. The summed E-state index contributed by atoms with van der Waals surface area (Å²) < 4.78 is 44.6. The van der Waals surface area contributed by atoms with Crippen molar-refractivity contribution in [1.29, 1.82) is 0 Å². The predicted octanol–water partition coefficient (Wildman–Crippen LogP) is 2.62. The van der Waals surface area contributed by atoms with Gasteiger partial charge in [-0.25, -0.2) is 4.68 Å². The van der Waals surface area contributed by atoms with Gasteiger partial charge in [-0.15, -0.1) is 5.10 Å². The van der Waals surface area contributed by atoms with E-state index in [1.807, 2.05) is 0 Å². The minimum atomic E-state index is -4.51. The summed E-state index contributed by atoms with van der Waals surface area (Å²) in [5.41, 5.74) is 1.15. The quantitative estimate of drug-likeness (QED) is 0.717. The molecule has 0 saturated heterocycles. The van der Waals surface area contributed by atoms with Crippen molar-refractivity contribution in [1.82, 2.24) is 19.9 Å². The van der Waals surface area contributed by atoms with Gasteiger partial charge in [0.25, 0.3) is 0 Å². The summed E-state index contributed by atoms with van der Waals surface area (Å²) in [6, 6.07) is 9.97. The molecule has 126 valence electrons. The van der Waals surface area contributed by atoms with E-state index in [4.69, 9.17) is 4.42 Å². The van der Waals surface area contributed by atoms with E-state index in [-0.39, 0.29) is 18.8 Å². The van der Waals surface area contributed by atoms with E-state index in [2.05, 4.69) is 10.3 Å². The van der Waals surface area contributed by atoms with Crippen molar-refractivity contribution in [2.75, 3.05) is 6.54 Å². The number of alkyl halides is 3. The summed E-state index contributed by atoms with van der Waals surface area (Å²) >= 11 is 0. The second-order valence-corrected chi connectivity index (χ2v) is 5.18. The fourth-order valence-corrected chi connectivity index (χ4v) is 2.30. The number of carbonyl (C=O) groups excluding carboxylic acids is 1. The molecular weight excluding hydrogens is 325 g/mol. The molecule has 1 aromatic carbocycles. The first-order chi connectivity index (χ1) is 11.4. The number of hydrogen-bond donors (Lipinski definition) is 0. The molecule has 0 bridgehead atoms. The van der Waals surface area contributed by atoms with Crippen molar-refractivity contribution in [2.24, 2.45) is 0 Å². The van der Waals surface area contributed by atoms with Gasteiger partial charge in [-0.05, 0) is 24.3 Å². The first-order valence-corrected chi connectivity index (χ1v) is 7.07. The first-order valence-electron chi connectivity index (χ1n) is 7.07. The van der Waals surface area contributed by atoms with E-state index in [1.54, 1.807) is 30.3 Å². The van der Waals surface area contributed by atoms with Crippen LogP contribution >= 0.6 is 0 Å². The number of furan rings is 1. The minimum absolute atomic E-state index is 0.266. The molecule has 0 unspecified atom stereocenters. The molecule has 2 heterocycles. The fraction of sp³-hybridized carbons (Fsp3) is 0.267. The number of benzene rings is 1. The third-order valence-electron chi connectivity index (χ3n) is 3.35. The van der Waals surface area contributed by atoms with Crippen LogP contribution in [-0.2, 0) is 17.9 Å². The van der Waals surface area contributed by atoms with E-state index in [0.717, 1.165) is 0 Å². The van der Waals surface area contributed by atoms with Crippen molar-refractivity contribution in [3.8, 4) is 0 Å². The van der Waals surface area contributed by atoms with E-state index >= 15 is 0 Å². The second kappa shape index (κ2) is 6.34. The Bertz CT molecular complexity index is 827. The van der Waals surface area contributed by atoms with Crippen LogP contribution < -0.4 is 0 Å². The van der Waals surface area contributed by atoms with Gasteiger partial charge < -0.3 is 9.32 Å². The maximum Gasteiger partial charge on any atom is 0.406 e. The molecule has 0 N–H and O–H groups in total. The number of hydrogen-bond acceptors (Lipinski definition) is 4. The van der Waals surface area contributed by atoms with Crippen molar-refractivity contribution in [2.45, 2.75) is 19.3 Å². The van der Waals surface area contributed by atoms with Crippen LogP contribution in [0.4, 0.5) is 13.2 Å². The van der Waals surface area contributed by atoms with E-state index < -0.39 is 18.6 Å². The van der Waals surface area contributed by atoms with E-state index in [1.165, 1.54) is 17.0 Å². The highest BCUT2D eigenvalue weighted by Gasteiger charge is 2.33. The van der Waals surface area contributed by atoms with Gasteiger partial charge in [-0.1, -0.05) is 17.3 Å². The van der Waals surface area contributed by atoms with Crippen LogP contribution in [0, 0.1) is 0 Å². The lowest BCUT2D eigenvalue weighted by Crippen LogP contribution is -2.40. The number of nitrogens with zero attached hydrogens (tertiary/aromatic N) is 4. The SMILES string of the molecule is O=C(Cn1nnc2ccccc21)N(Cc1ccco1)CC(F)(F)F. The summed E-state index contributed by atoms with van der Waals surface area (Å²) in [4.78, 5) is 13.0. The molecule has 2 aromatic heterocycles. The molecule has 0 saturated carbocycles. The molecule has 3 aromatic rings. The molecule has 0 spiro atoms. The lowest BCUT2D eigenvalue weighted by atomic mass is 10.3. The van der Waals surface area contributed by atoms with Crippen LogP contribution in [0.15, 0.2) is 47.1 Å². The van der Waals surface area contributed by atoms with Gasteiger partial charge in [0.2, 0.25) is 5.91 Å². The molecule has 1 amide bonds.